The van der Waals surface area contributed by atoms with E-state index < -0.39 is 0 Å². The van der Waals surface area contributed by atoms with Gasteiger partial charge >= 0.3 is 5.97 Å². The molecule has 0 aliphatic heterocycles. The molecule has 6 nitrogen and oxygen atoms in total. The van der Waals surface area contributed by atoms with Gasteiger partial charge in [-0.15, -0.1) is 5.10 Å². The van der Waals surface area contributed by atoms with Gasteiger partial charge in [-0.2, -0.15) is 0 Å². The summed E-state index contributed by atoms with van der Waals surface area (Å²) < 4.78 is 7.29. The van der Waals surface area contributed by atoms with Gasteiger partial charge in [0.15, 0.2) is 0 Å². The molecular weight excluding hydrogens is 288 g/mol. The van der Waals surface area contributed by atoms with E-state index in [2.05, 4.69) is 15.1 Å². The van der Waals surface area contributed by atoms with Crippen LogP contribution in [-0.2, 0) is 14.9 Å². The van der Waals surface area contributed by atoms with Gasteiger partial charge in [0.1, 0.15) is 17.4 Å². The molecule has 0 bridgehead atoms. The maximum atomic E-state index is 11.3. The second kappa shape index (κ2) is 5.29. The van der Waals surface area contributed by atoms with Crippen LogP contribution in [0, 0.1) is 0 Å². The van der Waals surface area contributed by atoms with Crippen molar-refractivity contribution >= 4 is 23.2 Å². The van der Waals surface area contributed by atoms with Crippen LogP contribution in [0.15, 0.2) is 17.6 Å². The monoisotopic (exact) mass is 306 g/mol. The highest BCUT2D eigenvalue weighted by Crippen LogP contribution is 2.46. The minimum Gasteiger partial charge on any atom is -0.462 e. The number of esters is 1. The Morgan fingerprint density at radius 3 is 2.71 bits per heavy atom. The highest BCUT2D eigenvalue weighted by atomic mass is 32.2. The molecule has 0 spiro atoms. The number of ether oxygens (including phenoxy) is 1. The minimum absolute atomic E-state index is 0.206. The second-order valence-electron chi connectivity index (χ2n) is 5.42. The maximum Gasteiger partial charge on any atom is 0.302 e. The number of imidazole rings is 1. The predicted molar refractivity (Wildman–Crippen MR) is 79.3 cm³/mol. The van der Waals surface area contributed by atoms with Crippen molar-refractivity contribution in [3.05, 3.63) is 18.2 Å². The lowest BCUT2D eigenvalue weighted by atomic mass is 9.64. The summed E-state index contributed by atoms with van der Waals surface area (Å²) in [6.07, 6.45) is 8.32. The van der Waals surface area contributed by atoms with Crippen LogP contribution in [0.4, 0.5) is 0 Å². The third-order valence-corrected chi connectivity index (χ3v) is 4.80. The molecule has 1 saturated carbocycles. The van der Waals surface area contributed by atoms with Gasteiger partial charge in [0.2, 0.25) is 5.16 Å². The zero-order chi connectivity index (χ0) is 15.0. The van der Waals surface area contributed by atoms with E-state index in [1.807, 2.05) is 17.7 Å². The van der Waals surface area contributed by atoms with E-state index in [0.29, 0.717) is 5.16 Å². The molecule has 0 aromatic carbocycles. The fourth-order valence-corrected chi connectivity index (χ4v) is 3.27. The summed E-state index contributed by atoms with van der Waals surface area (Å²) in [6, 6.07) is 0. The molecule has 1 unspecified atom stereocenters. The number of fused-ring (bicyclic) bond motifs is 1. The number of thioether (sulfide) groups is 1. The minimum atomic E-state index is -0.255. The molecule has 21 heavy (non-hydrogen) atoms. The van der Waals surface area contributed by atoms with Crippen LogP contribution in [-0.4, -0.2) is 37.9 Å². The van der Waals surface area contributed by atoms with Crippen LogP contribution in [0.1, 0.15) is 38.9 Å². The van der Waals surface area contributed by atoms with Crippen molar-refractivity contribution in [2.45, 2.75) is 49.8 Å². The van der Waals surface area contributed by atoms with E-state index in [-0.39, 0.29) is 17.5 Å². The summed E-state index contributed by atoms with van der Waals surface area (Å²) in [7, 11) is 0. The molecule has 3 rings (SSSR count). The molecule has 2 heterocycles. The molecule has 0 N–H and O–H groups in total. The molecule has 2 aromatic rings. The van der Waals surface area contributed by atoms with E-state index >= 15 is 0 Å². The first-order valence-electron chi connectivity index (χ1n) is 6.99. The standard InChI is InChI=1S/C14H18N4O2S/c1-9(20-10(2)19)14(5-4-6-14)12-15-7-11-8-16-13(21-3)17-18(11)12/h7-9H,4-6H2,1-3H3. The molecule has 1 atom stereocenters. The normalized spacial score (nSPS) is 18.2. The van der Waals surface area contributed by atoms with Crippen molar-refractivity contribution in [2.75, 3.05) is 6.26 Å². The lowest BCUT2D eigenvalue weighted by molar-refractivity contribution is -0.151. The maximum absolute atomic E-state index is 11.3. The molecule has 0 saturated heterocycles. The van der Waals surface area contributed by atoms with Gasteiger partial charge in [0.25, 0.3) is 0 Å². The fraction of sp³-hybridized carbons (Fsp3) is 0.571. The van der Waals surface area contributed by atoms with Crippen molar-refractivity contribution < 1.29 is 9.53 Å². The Balaban J connectivity index is 2.06. The fourth-order valence-electron chi connectivity index (χ4n) is 2.95. The zero-order valence-electron chi connectivity index (χ0n) is 12.4. The van der Waals surface area contributed by atoms with Crippen molar-refractivity contribution in [2.24, 2.45) is 0 Å². The number of hydrogen-bond acceptors (Lipinski definition) is 6. The third kappa shape index (κ3) is 2.29. The highest BCUT2D eigenvalue weighted by Gasteiger charge is 2.48. The number of carbonyl (C=O) groups is 1. The summed E-state index contributed by atoms with van der Waals surface area (Å²) in [5, 5.41) is 5.23. The van der Waals surface area contributed by atoms with Crippen LogP contribution in [0.5, 0.6) is 0 Å². The second-order valence-corrected chi connectivity index (χ2v) is 6.20. The molecule has 0 radical (unpaired) electrons. The lowest BCUT2D eigenvalue weighted by Gasteiger charge is -2.44. The van der Waals surface area contributed by atoms with Crippen LogP contribution in [0.3, 0.4) is 0 Å². The average Bonchev–Trinajstić information content (AvgIpc) is 2.80. The Bertz CT molecular complexity index is 681. The van der Waals surface area contributed by atoms with Gasteiger partial charge in [-0.25, -0.2) is 14.5 Å². The Labute approximate surface area is 127 Å². The van der Waals surface area contributed by atoms with Crippen LogP contribution in [0.2, 0.25) is 0 Å². The first-order chi connectivity index (χ1) is 10.1. The summed E-state index contributed by atoms with van der Waals surface area (Å²) in [6.45, 7) is 3.39. The summed E-state index contributed by atoms with van der Waals surface area (Å²) >= 11 is 1.49. The Hall–Kier alpha value is -1.63. The molecule has 1 fully saturated rings. The van der Waals surface area contributed by atoms with Gasteiger partial charge in [-0.05, 0) is 26.0 Å². The molecule has 1 aliphatic carbocycles. The number of rotatable bonds is 4. The van der Waals surface area contributed by atoms with Gasteiger partial charge in [0, 0.05) is 6.92 Å². The smallest absolute Gasteiger partial charge is 0.302 e. The van der Waals surface area contributed by atoms with E-state index in [1.54, 1.807) is 12.4 Å². The Morgan fingerprint density at radius 2 is 2.14 bits per heavy atom. The number of nitrogens with zero attached hydrogens (tertiary/aromatic N) is 4. The predicted octanol–water partition coefficient (Wildman–Crippen LogP) is 2.22. The van der Waals surface area contributed by atoms with Gasteiger partial charge in [-0.3, -0.25) is 4.79 Å². The molecule has 0 amide bonds. The van der Waals surface area contributed by atoms with E-state index in [4.69, 9.17) is 4.74 Å². The van der Waals surface area contributed by atoms with E-state index in [0.717, 1.165) is 30.6 Å². The van der Waals surface area contributed by atoms with Crippen molar-refractivity contribution in [3.63, 3.8) is 0 Å². The number of aromatic nitrogens is 4. The highest BCUT2D eigenvalue weighted by molar-refractivity contribution is 7.98. The molecule has 2 aromatic heterocycles. The van der Waals surface area contributed by atoms with Crippen molar-refractivity contribution in [1.82, 2.24) is 19.6 Å². The van der Waals surface area contributed by atoms with Gasteiger partial charge in [0.05, 0.1) is 17.8 Å². The zero-order valence-corrected chi connectivity index (χ0v) is 13.2. The number of carbonyl (C=O) groups excluding carboxylic acids is 1. The quantitative estimate of drug-likeness (QED) is 0.637. The number of hydrogen-bond donors (Lipinski definition) is 0. The third-order valence-electron chi connectivity index (χ3n) is 4.25. The molecule has 1 aliphatic rings. The molecular formula is C14H18N4O2S. The average molecular weight is 306 g/mol. The van der Waals surface area contributed by atoms with E-state index in [1.165, 1.54) is 18.7 Å². The van der Waals surface area contributed by atoms with Gasteiger partial charge in [-0.1, -0.05) is 18.2 Å². The Kier molecular flexibility index (Phi) is 3.61. The lowest BCUT2D eigenvalue weighted by Crippen LogP contribution is -2.47. The summed E-state index contributed by atoms with van der Waals surface area (Å²) in [5.74, 6) is 0.615. The Morgan fingerprint density at radius 1 is 1.43 bits per heavy atom. The summed E-state index contributed by atoms with van der Waals surface area (Å²) in [4.78, 5) is 20.1. The van der Waals surface area contributed by atoms with Crippen LogP contribution >= 0.6 is 11.8 Å². The first-order valence-corrected chi connectivity index (χ1v) is 8.22. The van der Waals surface area contributed by atoms with Crippen LogP contribution < -0.4 is 0 Å². The summed E-state index contributed by atoms with van der Waals surface area (Å²) in [5.41, 5.74) is 0.631. The van der Waals surface area contributed by atoms with Crippen LogP contribution in [0.25, 0.3) is 5.52 Å². The topological polar surface area (TPSA) is 69.4 Å². The van der Waals surface area contributed by atoms with Crippen molar-refractivity contribution in [3.8, 4) is 0 Å². The van der Waals surface area contributed by atoms with Gasteiger partial charge < -0.3 is 4.74 Å². The van der Waals surface area contributed by atoms with E-state index in [9.17, 15) is 4.79 Å². The SMILES string of the molecule is CSc1ncc2cnc(C3(C(C)OC(C)=O)CCC3)n2n1. The molecule has 7 heteroatoms. The first kappa shape index (κ1) is 14.3. The molecule has 112 valence electrons. The van der Waals surface area contributed by atoms with Crippen molar-refractivity contribution in [1.29, 1.82) is 0 Å². The largest absolute Gasteiger partial charge is 0.462 e.